The Morgan fingerprint density at radius 1 is 1.21 bits per heavy atom. The van der Waals surface area contributed by atoms with Gasteiger partial charge >= 0.3 is 0 Å². The fourth-order valence-corrected chi connectivity index (χ4v) is 3.04. The van der Waals surface area contributed by atoms with Gasteiger partial charge in [-0.2, -0.15) is 5.10 Å². The van der Waals surface area contributed by atoms with Crippen molar-refractivity contribution in [1.82, 2.24) is 19.3 Å². The Labute approximate surface area is 114 Å². The average Bonchev–Trinajstić information content (AvgIpc) is 2.87. The van der Waals surface area contributed by atoms with Gasteiger partial charge in [-0.05, 0) is 19.3 Å². The Morgan fingerprint density at radius 2 is 1.84 bits per heavy atom. The smallest absolute Gasteiger partial charge is 0.202 e. The van der Waals surface area contributed by atoms with Crippen LogP contribution in [0.25, 0.3) is 11.2 Å². The molecule has 0 aliphatic carbocycles. The van der Waals surface area contributed by atoms with E-state index in [-0.39, 0.29) is 0 Å². The summed E-state index contributed by atoms with van der Waals surface area (Å²) in [5.74, 6) is 1.22. The first-order valence-corrected chi connectivity index (χ1v) is 7.24. The minimum absolute atomic E-state index is 0.347. The van der Waals surface area contributed by atoms with Crippen LogP contribution in [0.4, 0.5) is 5.95 Å². The summed E-state index contributed by atoms with van der Waals surface area (Å²) in [6.07, 6.45) is 3.18. The van der Waals surface area contributed by atoms with Crippen LogP contribution in [0.1, 0.15) is 52.3 Å². The molecule has 0 radical (unpaired) electrons. The van der Waals surface area contributed by atoms with E-state index >= 15 is 0 Å². The Kier molecular flexibility index (Phi) is 3.83. The average molecular weight is 263 g/mol. The van der Waals surface area contributed by atoms with Gasteiger partial charge in [-0.3, -0.25) is 9.25 Å². The van der Waals surface area contributed by atoms with E-state index in [1.807, 2.05) is 11.7 Å². The van der Waals surface area contributed by atoms with Gasteiger partial charge in [-0.25, -0.2) is 4.98 Å². The molecule has 2 aromatic heterocycles. The van der Waals surface area contributed by atoms with E-state index in [1.165, 1.54) is 0 Å². The Hall–Kier alpha value is -1.52. The molecular weight excluding hydrogens is 238 g/mol. The van der Waals surface area contributed by atoms with Crippen molar-refractivity contribution in [2.45, 2.75) is 53.0 Å². The molecule has 5 heteroatoms. The van der Waals surface area contributed by atoms with E-state index in [1.54, 1.807) is 0 Å². The number of nitrogen functional groups attached to an aromatic ring is 1. The van der Waals surface area contributed by atoms with Crippen LogP contribution in [0, 0.1) is 5.92 Å². The van der Waals surface area contributed by atoms with Gasteiger partial charge in [-0.15, -0.1) is 0 Å². The Morgan fingerprint density at radius 3 is 2.37 bits per heavy atom. The largest absolute Gasteiger partial charge is 0.369 e. The molecule has 2 aromatic rings. The van der Waals surface area contributed by atoms with Gasteiger partial charge in [0.15, 0.2) is 5.65 Å². The van der Waals surface area contributed by atoms with Crippen LogP contribution < -0.4 is 5.73 Å². The summed E-state index contributed by atoms with van der Waals surface area (Å²) >= 11 is 0. The predicted molar refractivity (Wildman–Crippen MR) is 79.1 cm³/mol. The second-order valence-corrected chi connectivity index (χ2v) is 5.25. The standard InChI is InChI=1S/C14H25N5/c1-6-10(7-2)9(4)19-13-12(16-14(19)15)11(8-3)17-18(13)5/h9-10H,6-8H2,1-5H3,(H2,15,16). The highest BCUT2D eigenvalue weighted by Gasteiger charge is 2.24. The quantitative estimate of drug-likeness (QED) is 0.902. The van der Waals surface area contributed by atoms with E-state index in [9.17, 15) is 0 Å². The molecule has 2 rings (SSSR count). The second kappa shape index (κ2) is 5.23. The van der Waals surface area contributed by atoms with Crippen molar-refractivity contribution in [1.29, 1.82) is 0 Å². The molecule has 0 aromatic carbocycles. The fourth-order valence-electron chi connectivity index (χ4n) is 3.04. The lowest BCUT2D eigenvalue weighted by molar-refractivity contribution is 0.339. The molecule has 106 valence electrons. The van der Waals surface area contributed by atoms with Crippen LogP contribution in [0.3, 0.4) is 0 Å². The van der Waals surface area contributed by atoms with Crippen LogP contribution in [-0.4, -0.2) is 19.3 Å². The minimum Gasteiger partial charge on any atom is -0.369 e. The monoisotopic (exact) mass is 263 g/mol. The van der Waals surface area contributed by atoms with Crippen molar-refractivity contribution in [3.63, 3.8) is 0 Å². The molecule has 1 unspecified atom stereocenters. The molecule has 2 N–H and O–H groups in total. The summed E-state index contributed by atoms with van der Waals surface area (Å²) < 4.78 is 4.07. The Balaban J connectivity index is 2.59. The maximum absolute atomic E-state index is 6.15. The SMILES string of the molecule is CCc1nn(C)c2c1nc(N)n2C(C)C(CC)CC. The molecule has 0 bridgehead atoms. The molecule has 2 heterocycles. The number of hydrogen-bond donors (Lipinski definition) is 1. The van der Waals surface area contributed by atoms with Gasteiger partial charge < -0.3 is 5.73 Å². The van der Waals surface area contributed by atoms with Crippen molar-refractivity contribution >= 4 is 17.1 Å². The number of aryl methyl sites for hydroxylation is 2. The summed E-state index contributed by atoms with van der Waals surface area (Å²) in [6.45, 7) is 8.79. The van der Waals surface area contributed by atoms with Crippen molar-refractivity contribution in [3.05, 3.63) is 5.69 Å². The first kappa shape index (κ1) is 13.9. The van der Waals surface area contributed by atoms with E-state index in [0.29, 0.717) is 17.9 Å². The number of fused-ring (bicyclic) bond motifs is 1. The predicted octanol–water partition coefficient (Wildman–Crippen LogP) is 2.91. The molecular formula is C14H25N5. The lowest BCUT2D eigenvalue weighted by Gasteiger charge is -2.24. The third-order valence-electron chi connectivity index (χ3n) is 4.24. The van der Waals surface area contributed by atoms with Crippen LogP contribution in [-0.2, 0) is 13.5 Å². The molecule has 0 fully saturated rings. The van der Waals surface area contributed by atoms with E-state index < -0.39 is 0 Å². The lowest BCUT2D eigenvalue weighted by Crippen LogP contribution is -2.18. The van der Waals surface area contributed by atoms with Crippen LogP contribution >= 0.6 is 0 Å². The molecule has 0 saturated heterocycles. The zero-order valence-corrected chi connectivity index (χ0v) is 12.6. The second-order valence-electron chi connectivity index (χ2n) is 5.25. The third-order valence-corrected chi connectivity index (χ3v) is 4.24. The van der Waals surface area contributed by atoms with Gasteiger partial charge in [-0.1, -0.05) is 33.6 Å². The molecule has 1 atom stereocenters. The first-order valence-electron chi connectivity index (χ1n) is 7.24. The topological polar surface area (TPSA) is 61.7 Å². The lowest BCUT2D eigenvalue weighted by atomic mass is 9.95. The summed E-state index contributed by atoms with van der Waals surface area (Å²) in [6, 6.07) is 0.347. The Bertz CT molecular complexity index is 562. The molecule has 0 spiro atoms. The normalized spacial score (nSPS) is 13.6. The maximum atomic E-state index is 6.15. The highest BCUT2D eigenvalue weighted by atomic mass is 15.4. The third kappa shape index (κ3) is 2.11. The number of anilines is 1. The van der Waals surface area contributed by atoms with Crippen LogP contribution in [0.5, 0.6) is 0 Å². The first-order chi connectivity index (χ1) is 9.04. The highest BCUT2D eigenvalue weighted by Crippen LogP contribution is 2.31. The van der Waals surface area contributed by atoms with E-state index in [2.05, 4.69) is 42.3 Å². The summed E-state index contributed by atoms with van der Waals surface area (Å²) in [5.41, 5.74) is 9.18. The van der Waals surface area contributed by atoms with E-state index in [4.69, 9.17) is 5.73 Å². The van der Waals surface area contributed by atoms with Crippen molar-refractivity contribution < 1.29 is 0 Å². The maximum Gasteiger partial charge on any atom is 0.202 e. The summed E-state index contributed by atoms with van der Waals surface area (Å²) in [4.78, 5) is 4.53. The van der Waals surface area contributed by atoms with Gasteiger partial charge in [0.25, 0.3) is 0 Å². The number of nitrogens with zero attached hydrogens (tertiary/aromatic N) is 4. The van der Waals surface area contributed by atoms with E-state index in [0.717, 1.165) is 36.1 Å². The number of nitrogens with two attached hydrogens (primary N) is 1. The van der Waals surface area contributed by atoms with Crippen LogP contribution in [0.15, 0.2) is 0 Å². The fraction of sp³-hybridized carbons (Fsp3) is 0.714. The van der Waals surface area contributed by atoms with Crippen LogP contribution in [0.2, 0.25) is 0 Å². The number of imidazole rings is 1. The zero-order chi connectivity index (χ0) is 14.2. The minimum atomic E-state index is 0.347. The van der Waals surface area contributed by atoms with Gasteiger partial charge in [0.1, 0.15) is 5.52 Å². The molecule has 0 amide bonds. The van der Waals surface area contributed by atoms with Crippen molar-refractivity contribution in [2.75, 3.05) is 5.73 Å². The molecule has 0 saturated carbocycles. The zero-order valence-electron chi connectivity index (χ0n) is 12.6. The summed E-state index contributed by atoms with van der Waals surface area (Å²) in [5, 5.41) is 4.54. The molecule has 19 heavy (non-hydrogen) atoms. The number of hydrogen-bond acceptors (Lipinski definition) is 3. The van der Waals surface area contributed by atoms with Gasteiger partial charge in [0.05, 0.1) is 5.69 Å². The highest BCUT2D eigenvalue weighted by molar-refractivity contribution is 5.78. The molecule has 5 nitrogen and oxygen atoms in total. The molecule has 0 aliphatic heterocycles. The van der Waals surface area contributed by atoms with Crippen molar-refractivity contribution in [3.8, 4) is 0 Å². The van der Waals surface area contributed by atoms with Crippen molar-refractivity contribution in [2.24, 2.45) is 13.0 Å². The van der Waals surface area contributed by atoms with Gasteiger partial charge in [0, 0.05) is 13.1 Å². The number of rotatable bonds is 5. The summed E-state index contributed by atoms with van der Waals surface area (Å²) in [7, 11) is 1.97. The molecule has 0 aliphatic rings. The van der Waals surface area contributed by atoms with Gasteiger partial charge in [0.2, 0.25) is 5.95 Å². The number of aromatic nitrogens is 4.